The second-order valence-electron chi connectivity index (χ2n) is 7.79. The van der Waals surface area contributed by atoms with E-state index in [9.17, 15) is 9.90 Å². The molecule has 0 spiro atoms. The lowest BCUT2D eigenvalue weighted by Gasteiger charge is -2.23. The summed E-state index contributed by atoms with van der Waals surface area (Å²) in [6.07, 6.45) is 1.16. The fraction of sp³-hybridized carbons (Fsp3) is 0.318. The number of aliphatic hydroxyl groups excluding tert-OH is 1. The molecule has 28 heavy (non-hydrogen) atoms. The zero-order valence-electron chi connectivity index (χ0n) is 16.5. The molecule has 0 fully saturated rings. The fourth-order valence-corrected chi connectivity index (χ4v) is 2.84. The van der Waals surface area contributed by atoms with Crippen LogP contribution in [0.4, 0.5) is 5.69 Å². The molecule has 0 bridgehead atoms. The SMILES string of the molecule is CC(C)(C)NCC(O)COc1ccccc1NC(=O)c1cccc2[nH]ccc12. The van der Waals surface area contributed by atoms with Gasteiger partial charge in [0.15, 0.2) is 0 Å². The maximum Gasteiger partial charge on any atom is 0.256 e. The van der Waals surface area contributed by atoms with Gasteiger partial charge in [0.25, 0.3) is 5.91 Å². The van der Waals surface area contributed by atoms with E-state index in [4.69, 9.17) is 4.74 Å². The molecule has 6 heteroatoms. The van der Waals surface area contributed by atoms with E-state index in [0.29, 0.717) is 23.5 Å². The minimum atomic E-state index is -0.656. The van der Waals surface area contributed by atoms with Gasteiger partial charge in [-0.15, -0.1) is 0 Å². The molecular formula is C22H27N3O3. The molecule has 1 amide bonds. The van der Waals surface area contributed by atoms with Crippen molar-refractivity contribution in [2.45, 2.75) is 32.4 Å². The summed E-state index contributed by atoms with van der Waals surface area (Å²) in [7, 11) is 0. The Bertz CT molecular complexity index is 943. The molecule has 1 heterocycles. The van der Waals surface area contributed by atoms with Crippen molar-refractivity contribution in [2.75, 3.05) is 18.5 Å². The van der Waals surface area contributed by atoms with E-state index < -0.39 is 6.10 Å². The molecule has 4 N–H and O–H groups in total. The predicted molar refractivity (Wildman–Crippen MR) is 112 cm³/mol. The van der Waals surface area contributed by atoms with Gasteiger partial charge in [0.2, 0.25) is 0 Å². The molecule has 1 atom stereocenters. The summed E-state index contributed by atoms with van der Waals surface area (Å²) in [6, 6.07) is 14.7. The van der Waals surface area contributed by atoms with E-state index in [1.807, 2.05) is 57.3 Å². The van der Waals surface area contributed by atoms with Gasteiger partial charge in [-0.05, 0) is 51.1 Å². The number of aromatic amines is 1. The standard InChI is InChI=1S/C22H27N3O3/c1-22(2,3)24-13-15(26)14-28-20-10-5-4-8-19(20)25-21(27)17-7-6-9-18-16(17)11-12-23-18/h4-12,15,23-24,26H,13-14H2,1-3H3,(H,25,27). The molecule has 0 saturated heterocycles. The van der Waals surface area contributed by atoms with Gasteiger partial charge in [0, 0.05) is 34.7 Å². The largest absolute Gasteiger partial charge is 0.489 e. The number of aromatic nitrogens is 1. The second kappa shape index (κ2) is 8.46. The quantitative estimate of drug-likeness (QED) is 0.504. The Morgan fingerprint density at radius 1 is 1.14 bits per heavy atom. The number of fused-ring (bicyclic) bond motifs is 1. The van der Waals surface area contributed by atoms with Gasteiger partial charge in [-0.25, -0.2) is 0 Å². The minimum absolute atomic E-state index is 0.0773. The molecule has 3 aromatic rings. The summed E-state index contributed by atoms with van der Waals surface area (Å²) in [4.78, 5) is 15.9. The Morgan fingerprint density at radius 3 is 2.71 bits per heavy atom. The van der Waals surface area contributed by atoms with Crippen LogP contribution in [-0.2, 0) is 0 Å². The Hall–Kier alpha value is -2.83. The number of ether oxygens (including phenoxy) is 1. The van der Waals surface area contributed by atoms with Gasteiger partial charge >= 0.3 is 0 Å². The molecule has 0 radical (unpaired) electrons. The molecule has 0 saturated carbocycles. The topological polar surface area (TPSA) is 86.4 Å². The van der Waals surface area contributed by atoms with Crippen molar-refractivity contribution in [3.8, 4) is 5.75 Å². The number of hydrogen-bond donors (Lipinski definition) is 4. The highest BCUT2D eigenvalue weighted by molar-refractivity contribution is 6.12. The summed E-state index contributed by atoms with van der Waals surface area (Å²) in [5.41, 5.74) is 1.98. The van der Waals surface area contributed by atoms with Crippen LogP contribution in [0.3, 0.4) is 0 Å². The van der Waals surface area contributed by atoms with Crippen LogP contribution in [0.15, 0.2) is 54.7 Å². The molecule has 0 aliphatic heterocycles. The average molecular weight is 381 g/mol. The van der Waals surface area contributed by atoms with E-state index in [1.54, 1.807) is 18.2 Å². The molecule has 1 aromatic heterocycles. The van der Waals surface area contributed by atoms with Crippen molar-refractivity contribution in [1.29, 1.82) is 0 Å². The fourth-order valence-electron chi connectivity index (χ4n) is 2.84. The Kier molecular flexibility index (Phi) is 6.02. The van der Waals surface area contributed by atoms with Crippen molar-refractivity contribution in [3.05, 3.63) is 60.3 Å². The van der Waals surface area contributed by atoms with Crippen LogP contribution in [-0.4, -0.2) is 40.8 Å². The number of rotatable bonds is 7. The van der Waals surface area contributed by atoms with E-state index in [1.165, 1.54) is 0 Å². The van der Waals surface area contributed by atoms with Crippen LogP contribution in [0.2, 0.25) is 0 Å². The van der Waals surface area contributed by atoms with Crippen molar-refractivity contribution >= 4 is 22.5 Å². The number of β-amino-alcohol motifs (C(OH)–C–C–N with tert-alkyl or cyclic N) is 1. The lowest BCUT2D eigenvalue weighted by molar-refractivity contribution is 0.0996. The smallest absolute Gasteiger partial charge is 0.256 e. The number of H-pyrrole nitrogens is 1. The zero-order chi connectivity index (χ0) is 20.1. The number of carbonyl (C=O) groups excluding carboxylic acids is 1. The number of para-hydroxylation sites is 2. The summed E-state index contributed by atoms with van der Waals surface area (Å²) in [5, 5.41) is 17.2. The van der Waals surface area contributed by atoms with Gasteiger partial charge < -0.3 is 25.5 Å². The third kappa shape index (κ3) is 5.12. The average Bonchev–Trinajstić information content (AvgIpc) is 3.13. The van der Waals surface area contributed by atoms with E-state index in [-0.39, 0.29) is 18.1 Å². The molecule has 1 unspecified atom stereocenters. The number of aliphatic hydroxyl groups is 1. The highest BCUT2D eigenvalue weighted by atomic mass is 16.5. The van der Waals surface area contributed by atoms with Crippen LogP contribution in [0.5, 0.6) is 5.75 Å². The summed E-state index contributed by atoms with van der Waals surface area (Å²) in [6.45, 7) is 6.67. The predicted octanol–water partition coefficient (Wildman–Crippen LogP) is 3.55. The lowest BCUT2D eigenvalue weighted by atomic mass is 10.1. The number of anilines is 1. The Morgan fingerprint density at radius 2 is 1.93 bits per heavy atom. The number of benzene rings is 2. The maximum atomic E-state index is 12.8. The van der Waals surface area contributed by atoms with Gasteiger partial charge in [-0.2, -0.15) is 0 Å². The highest BCUT2D eigenvalue weighted by Gasteiger charge is 2.15. The second-order valence-corrected chi connectivity index (χ2v) is 7.79. The van der Waals surface area contributed by atoms with E-state index >= 15 is 0 Å². The van der Waals surface area contributed by atoms with Crippen LogP contribution in [0.25, 0.3) is 10.9 Å². The van der Waals surface area contributed by atoms with Gasteiger partial charge in [-0.3, -0.25) is 4.79 Å². The van der Waals surface area contributed by atoms with E-state index in [0.717, 1.165) is 10.9 Å². The Balaban J connectivity index is 1.67. The van der Waals surface area contributed by atoms with Gasteiger partial charge in [-0.1, -0.05) is 18.2 Å². The molecule has 2 aromatic carbocycles. The molecule has 0 aliphatic rings. The van der Waals surface area contributed by atoms with Gasteiger partial charge in [0.1, 0.15) is 18.5 Å². The first-order valence-electron chi connectivity index (χ1n) is 9.36. The summed E-state index contributed by atoms with van der Waals surface area (Å²) >= 11 is 0. The molecule has 148 valence electrons. The lowest BCUT2D eigenvalue weighted by Crippen LogP contribution is -2.42. The third-order valence-corrected chi connectivity index (χ3v) is 4.27. The molecule has 6 nitrogen and oxygen atoms in total. The zero-order valence-corrected chi connectivity index (χ0v) is 16.5. The van der Waals surface area contributed by atoms with Crippen LogP contribution in [0.1, 0.15) is 31.1 Å². The minimum Gasteiger partial charge on any atom is -0.489 e. The highest BCUT2D eigenvalue weighted by Crippen LogP contribution is 2.26. The number of carbonyl (C=O) groups is 1. The van der Waals surface area contributed by atoms with Crippen LogP contribution in [0, 0.1) is 0 Å². The number of nitrogens with one attached hydrogen (secondary N) is 3. The first-order chi connectivity index (χ1) is 13.3. The number of hydrogen-bond acceptors (Lipinski definition) is 4. The van der Waals surface area contributed by atoms with Crippen LogP contribution >= 0.6 is 0 Å². The first kappa shape index (κ1) is 19.9. The summed E-state index contributed by atoms with van der Waals surface area (Å²) < 4.78 is 5.76. The van der Waals surface area contributed by atoms with Crippen molar-refractivity contribution in [2.24, 2.45) is 0 Å². The third-order valence-electron chi connectivity index (χ3n) is 4.27. The van der Waals surface area contributed by atoms with E-state index in [2.05, 4.69) is 15.6 Å². The summed E-state index contributed by atoms with van der Waals surface area (Å²) in [5.74, 6) is 0.308. The van der Waals surface area contributed by atoms with Crippen molar-refractivity contribution in [3.63, 3.8) is 0 Å². The normalized spacial score (nSPS) is 12.7. The van der Waals surface area contributed by atoms with Gasteiger partial charge in [0.05, 0.1) is 5.69 Å². The molecular weight excluding hydrogens is 354 g/mol. The van der Waals surface area contributed by atoms with Crippen molar-refractivity contribution in [1.82, 2.24) is 10.3 Å². The molecule has 0 aliphatic carbocycles. The Labute approximate surface area is 164 Å². The maximum absolute atomic E-state index is 12.8. The number of amides is 1. The monoisotopic (exact) mass is 381 g/mol. The molecule has 3 rings (SSSR count). The van der Waals surface area contributed by atoms with Crippen molar-refractivity contribution < 1.29 is 14.6 Å². The first-order valence-corrected chi connectivity index (χ1v) is 9.36. The van der Waals surface area contributed by atoms with Crippen LogP contribution < -0.4 is 15.4 Å².